The number of pyridine rings is 1. The molecule has 1 amide bonds. The number of nitro benzene ring substituents is 1. The van der Waals surface area contributed by atoms with Gasteiger partial charge in [-0.3, -0.25) is 14.9 Å². The molecule has 0 saturated heterocycles. The molecule has 2 N–H and O–H groups in total. The highest BCUT2D eigenvalue weighted by Gasteiger charge is 2.14. The van der Waals surface area contributed by atoms with Crippen LogP contribution in [0.15, 0.2) is 66.7 Å². The zero-order valence-corrected chi connectivity index (χ0v) is 18.4. The largest absolute Gasteiger partial charge is 0.497 e. The zero-order valence-electron chi connectivity index (χ0n) is 18.4. The summed E-state index contributed by atoms with van der Waals surface area (Å²) in [6, 6.07) is 19.3. The third-order valence-corrected chi connectivity index (χ3v) is 5.29. The molecule has 3 aromatic carbocycles. The van der Waals surface area contributed by atoms with Crippen molar-refractivity contribution in [2.45, 2.75) is 13.8 Å². The third kappa shape index (κ3) is 4.74. The maximum absolute atomic E-state index is 12.7. The highest BCUT2D eigenvalue weighted by molar-refractivity contribution is 6.05. The molecule has 0 fully saturated rings. The second kappa shape index (κ2) is 8.96. The van der Waals surface area contributed by atoms with Crippen LogP contribution in [0.1, 0.15) is 21.5 Å². The Bertz CT molecular complexity index is 1370. The highest BCUT2D eigenvalue weighted by atomic mass is 16.6. The number of rotatable bonds is 6. The number of nitrogens with one attached hydrogen (secondary N) is 2. The van der Waals surface area contributed by atoms with E-state index < -0.39 is 4.92 Å². The highest BCUT2D eigenvalue weighted by Crippen LogP contribution is 2.27. The number of fused-ring (bicyclic) bond motifs is 1. The first-order valence-electron chi connectivity index (χ1n) is 10.2. The SMILES string of the molecule is COc1ccc(Nc2cc(C)c3cc(NC(=O)c4ccc([N+](=O)[O-])c(C)c4)ccc3n2)cc1. The fourth-order valence-corrected chi connectivity index (χ4v) is 3.56. The van der Waals surface area contributed by atoms with E-state index in [-0.39, 0.29) is 11.6 Å². The lowest BCUT2D eigenvalue weighted by molar-refractivity contribution is -0.385. The molecule has 1 heterocycles. The van der Waals surface area contributed by atoms with E-state index in [1.165, 1.54) is 18.2 Å². The van der Waals surface area contributed by atoms with E-state index in [4.69, 9.17) is 4.74 Å². The van der Waals surface area contributed by atoms with E-state index in [9.17, 15) is 14.9 Å². The van der Waals surface area contributed by atoms with Gasteiger partial charge in [-0.25, -0.2) is 4.98 Å². The van der Waals surface area contributed by atoms with E-state index in [2.05, 4.69) is 15.6 Å². The molecule has 4 rings (SSSR count). The molecule has 8 heteroatoms. The Kier molecular flexibility index (Phi) is 5.91. The number of ether oxygens (including phenoxy) is 1. The molecule has 0 spiro atoms. The Morgan fingerprint density at radius 1 is 0.939 bits per heavy atom. The molecule has 0 aliphatic rings. The number of nitrogens with zero attached hydrogens (tertiary/aromatic N) is 2. The molecule has 33 heavy (non-hydrogen) atoms. The quantitative estimate of drug-likeness (QED) is 0.290. The lowest BCUT2D eigenvalue weighted by Crippen LogP contribution is -2.12. The summed E-state index contributed by atoms with van der Waals surface area (Å²) in [6.07, 6.45) is 0. The van der Waals surface area contributed by atoms with Crippen molar-refractivity contribution in [1.82, 2.24) is 4.98 Å². The predicted molar refractivity (Wildman–Crippen MR) is 129 cm³/mol. The summed E-state index contributed by atoms with van der Waals surface area (Å²) in [7, 11) is 1.63. The third-order valence-electron chi connectivity index (χ3n) is 5.29. The van der Waals surface area contributed by atoms with Crippen LogP contribution >= 0.6 is 0 Å². The number of aromatic nitrogens is 1. The van der Waals surface area contributed by atoms with Crippen molar-refractivity contribution in [1.29, 1.82) is 0 Å². The van der Waals surface area contributed by atoms with Crippen molar-refractivity contribution >= 4 is 39.7 Å². The van der Waals surface area contributed by atoms with Crippen LogP contribution in [0.25, 0.3) is 10.9 Å². The minimum Gasteiger partial charge on any atom is -0.497 e. The summed E-state index contributed by atoms with van der Waals surface area (Å²) in [5.74, 6) is 1.15. The summed E-state index contributed by atoms with van der Waals surface area (Å²) < 4.78 is 5.18. The van der Waals surface area contributed by atoms with Crippen LogP contribution in [0, 0.1) is 24.0 Å². The number of aryl methyl sites for hydroxylation is 2. The lowest BCUT2D eigenvalue weighted by atomic mass is 10.1. The van der Waals surface area contributed by atoms with Gasteiger partial charge in [-0.15, -0.1) is 0 Å². The van der Waals surface area contributed by atoms with E-state index in [1.807, 2.05) is 49.4 Å². The van der Waals surface area contributed by atoms with Gasteiger partial charge < -0.3 is 15.4 Å². The number of anilines is 3. The first-order chi connectivity index (χ1) is 15.8. The van der Waals surface area contributed by atoms with Crippen LogP contribution in [0.4, 0.5) is 22.9 Å². The fraction of sp³-hybridized carbons (Fsp3) is 0.120. The number of carbonyl (C=O) groups is 1. The molecule has 0 unspecified atom stereocenters. The van der Waals surface area contributed by atoms with Gasteiger partial charge in [-0.2, -0.15) is 0 Å². The van der Waals surface area contributed by atoms with Crippen molar-refractivity contribution in [2.24, 2.45) is 0 Å². The average Bonchev–Trinajstić information content (AvgIpc) is 2.79. The molecule has 0 saturated carbocycles. The van der Waals surface area contributed by atoms with Gasteiger partial charge in [-0.05, 0) is 80.1 Å². The fourth-order valence-electron chi connectivity index (χ4n) is 3.56. The van der Waals surface area contributed by atoms with Crippen LogP contribution < -0.4 is 15.4 Å². The van der Waals surface area contributed by atoms with Crippen molar-refractivity contribution in [3.8, 4) is 5.75 Å². The Morgan fingerprint density at radius 3 is 2.33 bits per heavy atom. The second-order valence-electron chi connectivity index (χ2n) is 7.62. The molecule has 0 radical (unpaired) electrons. The molecule has 0 bridgehead atoms. The van der Waals surface area contributed by atoms with Gasteiger partial charge in [-0.1, -0.05) is 0 Å². The summed E-state index contributed by atoms with van der Waals surface area (Å²) in [5.41, 5.74) is 4.07. The van der Waals surface area contributed by atoms with Crippen molar-refractivity contribution in [3.05, 3.63) is 93.5 Å². The summed E-state index contributed by atoms with van der Waals surface area (Å²) in [4.78, 5) is 27.9. The number of hydrogen-bond acceptors (Lipinski definition) is 6. The first-order valence-corrected chi connectivity index (χ1v) is 10.2. The maximum Gasteiger partial charge on any atom is 0.272 e. The molecular formula is C25H22N4O4. The van der Waals surface area contributed by atoms with E-state index in [0.29, 0.717) is 22.6 Å². The Balaban J connectivity index is 1.54. The summed E-state index contributed by atoms with van der Waals surface area (Å²) in [6.45, 7) is 3.59. The number of methoxy groups -OCH3 is 1. The predicted octanol–water partition coefficient (Wildman–Crippen LogP) is 5.76. The molecule has 0 aliphatic heterocycles. The average molecular weight is 442 g/mol. The van der Waals surface area contributed by atoms with Crippen LogP contribution in [-0.4, -0.2) is 22.9 Å². The van der Waals surface area contributed by atoms with Crippen LogP contribution in [0.2, 0.25) is 0 Å². The van der Waals surface area contributed by atoms with E-state index in [0.717, 1.165) is 27.9 Å². The normalized spacial score (nSPS) is 10.6. The van der Waals surface area contributed by atoms with Crippen molar-refractivity contribution in [3.63, 3.8) is 0 Å². The minimum absolute atomic E-state index is 0.0157. The number of nitro groups is 1. The maximum atomic E-state index is 12.7. The van der Waals surface area contributed by atoms with Crippen LogP contribution in [0.5, 0.6) is 5.75 Å². The number of amides is 1. The molecule has 0 aliphatic carbocycles. The van der Waals surface area contributed by atoms with Gasteiger partial charge in [0.1, 0.15) is 11.6 Å². The van der Waals surface area contributed by atoms with Gasteiger partial charge >= 0.3 is 0 Å². The molecule has 1 aromatic heterocycles. The van der Waals surface area contributed by atoms with Gasteiger partial charge in [0.15, 0.2) is 0 Å². The van der Waals surface area contributed by atoms with E-state index in [1.54, 1.807) is 20.1 Å². The molecular weight excluding hydrogens is 420 g/mol. The van der Waals surface area contributed by atoms with Crippen molar-refractivity contribution in [2.75, 3.05) is 17.7 Å². The van der Waals surface area contributed by atoms with Gasteiger partial charge in [0.25, 0.3) is 11.6 Å². The van der Waals surface area contributed by atoms with Gasteiger partial charge in [0, 0.05) is 34.0 Å². The molecule has 4 aromatic rings. The van der Waals surface area contributed by atoms with E-state index >= 15 is 0 Å². The standard InChI is InChI=1S/C25H22N4O4/c1-15-13-24(26-18-5-8-20(33-3)9-6-18)28-22-10-7-19(14-21(15)22)27-25(30)17-4-11-23(29(31)32)16(2)12-17/h4-14H,1-3H3,(H,26,28)(H,27,30). The molecule has 0 atom stereocenters. The number of benzene rings is 3. The summed E-state index contributed by atoms with van der Waals surface area (Å²) >= 11 is 0. The topological polar surface area (TPSA) is 106 Å². The van der Waals surface area contributed by atoms with Crippen molar-refractivity contribution < 1.29 is 14.5 Å². The Morgan fingerprint density at radius 2 is 1.67 bits per heavy atom. The second-order valence-corrected chi connectivity index (χ2v) is 7.62. The Labute approximate surface area is 190 Å². The number of hydrogen-bond donors (Lipinski definition) is 2. The monoisotopic (exact) mass is 442 g/mol. The molecule has 8 nitrogen and oxygen atoms in total. The number of carbonyl (C=O) groups excluding carboxylic acids is 1. The van der Waals surface area contributed by atoms with Gasteiger partial charge in [0.05, 0.1) is 17.5 Å². The summed E-state index contributed by atoms with van der Waals surface area (Å²) in [5, 5.41) is 18.0. The van der Waals surface area contributed by atoms with Crippen LogP contribution in [0.3, 0.4) is 0 Å². The molecule has 166 valence electrons. The first kappa shape index (κ1) is 21.8. The lowest BCUT2D eigenvalue weighted by Gasteiger charge is -2.11. The van der Waals surface area contributed by atoms with Crippen LogP contribution in [-0.2, 0) is 0 Å². The Hall–Kier alpha value is -4.46. The zero-order chi connectivity index (χ0) is 23.5. The minimum atomic E-state index is -0.464. The smallest absolute Gasteiger partial charge is 0.272 e. The van der Waals surface area contributed by atoms with Gasteiger partial charge in [0.2, 0.25) is 0 Å².